The molecule has 52 valence electrons. The molecule has 9 heavy (non-hydrogen) atoms. The van der Waals surface area contributed by atoms with E-state index in [-0.39, 0.29) is 5.91 Å². The fourth-order valence-electron chi connectivity index (χ4n) is 0.225. The normalized spacial score (nSPS) is 8.67. The molecule has 0 heterocycles. The number of amides is 1. The molecule has 0 spiro atoms. The standard InChI is InChI=1S/C6H11NO2/c1-4-9-7-6(8)5(2)3/h2,4H2,1,3H3,(H,7,8). The topological polar surface area (TPSA) is 38.3 Å². The van der Waals surface area contributed by atoms with Crippen molar-refractivity contribution in [2.24, 2.45) is 0 Å². The van der Waals surface area contributed by atoms with E-state index >= 15 is 0 Å². The highest BCUT2D eigenvalue weighted by Gasteiger charge is 1.97. The highest BCUT2D eigenvalue weighted by molar-refractivity contribution is 5.91. The Kier molecular flexibility index (Phi) is 3.71. The molecule has 1 amide bonds. The van der Waals surface area contributed by atoms with Gasteiger partial charge < -0.3 is 0 Å². The van der Waals surface area contributed by atoms with Crippen LogP contribution in [0.15, 0.2) is 12.2 Å². The van der Waals surface area contributed by atoms with Gasteiger partial charge in [-0.25, -0.2) is 5.48 Å². The Labute approximate surface area is 54.7 Å². The first-order valence-electron chi connectivity index (χ1n) is 2.76. The summed E-state index contributed by atoms with van der Waals surface area (Å²) in [5.74, 6) is -0.267. The second-order valence-electron chi connectivity index (χ2n) is 1.64. The van der Waals surface area contributed by atoms with Crippen LogP contribution in [0.1, 0.15) is 13.8 Å². The lowest BCUT2D eigenvalue weighted by atomic mass is 10.3. The van der Waals surface area contributed by atoms with Crippen LogP contribution in [0.5, 0.6) is 0 Å². The largest absolute Gasteiger partial charge is 0.274 e. The van der Waals surface area contributed by atoms with E-state index in [4.69, 9.17) is 0 Å². The fraction of sp³-hybridized carbons (Fsp3) is 0.500. The van der Waals surface area contributed by atoms with Gasteiger partial charge in [0.15, 0.2) is 0 Å². The van der Waals surface area contributed by atoms with Crippen molar-refractivity contribution in [3.05, 3.63) is 12.2 Å². The molecule has 0 aromatic carbocycles. The molecule has 1 N–H and O–H groups in total. The zero-order valence-electron chi connectivity index (χ0n) is 5.73. The molecule has 0 aliphatic rings. The van der Waals surface area contributed by atoms with Gasteiger partial charge >= 0.3 is 0 Å². The maximum Gasteiger partial charge on any atom is 0.269 e. The molecular formula is C6H11NO2. The van der Waals surface area contributed by atoms with Gasteiger partial charge in [0.1, 0.15) is 0 Å². The first-order valence-corrected chi connectivity index (χ1v) is 2.76. The maximum absolute atomic E-state index is 10.6. The predicted molar refractivity (Wildman–Crippen MR) is 34.6 cm³/mol. The van der Waals surface area contributed by atoms with Crippen LogP contribution in [0, 0.1) is 0 Å². The first-order chi connectivity index (χ1) is 4.18. The third-order valence-corrected chi connectivity index (χ3v) is 0.697. The van der Waals surface area contributed by atoms with Crippen molar-refractivity contribution in [3.8, 4) is 0 Å². The Balaban J connectivity index is 3.39. The molecule has 0 aromatic heterocycles. The zero-order valence-corrected chi connectivity index (χ0v) is 5.73. The van der Waals surface area contributed by atoms with Crippen molar-refractivity contribution in [1.29, 1.82) is 0 Å². The van der Waals surface area contributed by atoms with Crippen LogP contribution >= 0.6 is 0 Å². The quantitative estimate of drug-likeness (QED) is 0.448. The van der Waals surface area contributed by atoms with E-state index in [1.165, 1.54) is 0 Å². The van der Waals surface area contributed by atoms with Crippen LogP contribution in [-0.4, -0.2) is 12.5 Å². The van der Waals surface area contributed by atoms with Crippen molar-refractivity contribution in [3.63, 3.8) is 0 Å². The summed E-state index contributed by atoms with van der Waals surface area (Å²) in [4.78, 5) is 15.2. The summed E-state index contributed by atoms with van der Waals surface area (Å²) < 4.78 is 0. The van der Waals surface area contributed by atoms with E-state index in [0.717, 1.165) is 0 Å². The van der Waals surface area contributed by atoms with Gasteiger partial charge in [-0.05, 0) is 13.8 Å². The summed E-state index contributed by atoms with van der Waals surface area (Å²) >= 11 is 0. The van der Waals surface area contributed by atoms with E-state index in [2.05, 4.69) is 16.9 Å². The number of rotatable bonds is 3. The van der Waals surface area contributed by atoms with Crippen molar-refractivity contribution in [1.82, 2.24) is 5.48 Å². The second-order valence-corrected chi connectivity index (χ2v) is 1.64. The van der Waals surface area contributed by atoms with Crippen LogP contribution in [0.3, 0.4) is 0 Å². The van der Waals surface area contributed by atoms with Crippen molar-refractivity contribution in [2.45, 2.75) is 13.8 Å². The number of nitrogens with one attached hydrogen (secondary N) is 1. The fourth-order valence-corrected chi connectivity index (χ4v) is 0.225. The lowest BCUT2D eigenvalue weighted by Crippen LogP contribution is -2.23. The van der Waals surface area contributed by atoms with Crippen molar-refractivity contribution < 1.29 is 9.63 Å². The minimum absolute atomic E-state index is 0.267. The van der Waals surface area contributed by atoms with Gasteiger partial charge in [0.05, 0.1) is 6.61 Å². The van der Waals surface area contributed by atoms with Crippen LogP contribution in [0.4, 0.5) is 0 Å². The van der Waals surface area contributed by atoms with Gasteiger partial charge in [-0.2, -0.15) is 0 Å². The Bertz CT molecular complexity index is 120. The van der Waals surface area contributed by atoms with Gasteiger partial charge in [0.2, 0.25) is 0 Å². The Morgan fingerprint density at radius 2 is 2.33 bits per heavy atom. The number of carbonyl (C=O) groups is 1. The molecule has 0 aliphatic carbocycles. The summed E-state index contributed by atoms with van der Waals surface area (Å²) in [6, 6.07) is 0. The number of hydrogen-bond acceptors (Lipinski definition) is 2. The first kappa shape index (κ1) is 8.17. The lowest BCUT2D eigenvalue weighted by molar-refractivity contribution is -0.129. The van der Waals surface area contributed by atoms with Crippen LogP contribution in [0.2, 0.25) is 0 Å². The molecule has 0 bridgehead atoms. The summed E-state index contributed by atoms with van der Waals surface area (Å²) in [5, 5.41) is 0. The van der Waals surface area contributed by atoms with Crippen molar-refractivity contribution >= 4 is 5.91 Å². The Hall–Kier alpha value is -0.830. The van der Waals surface area contributed by atoms with Gasteiger partial charge in [-0.15, -0.1) is 0 Å². The second kappa shape index (κ2) is 4.09. The van der Waals surface area contributed by atoms with Crippen LogP contribution in [-0.2, 0) is 9.63 Å². The SMILES string of the molecule is C=C(C)C(=O)NOCC. The molecule has 0 aromatic rings. The zero-order chi connectivity index (χ0) is 7.28. The Morgan fingerprint density at radius 1 is 1.78 bits per heavy atom. The minimum Gasteiger partial charge on any atom is -0.274 e. The predicted octanol–water partition coefficient (Wildman–Crippen LogP) is 0.630. The van der Waals surface area contributed by atoms with Gasteiger partial charge in [0, 0.05) is 5.57 Å². The van der Waals surface area contributed by atoms with E-state index in [1.54, 1.807) is 13.8 Å². The highest BCUT2D eigenvalue weighted by Crippen LogP contribution is 1.84. The number of hydroxylamine groups is 1. The van der Waals surface area contributed by atoms with Crippen molar-refractivity contribution in [2.75, 3.05) is 6.61 Å². The summed E-state index contributed by atoms with van der Waals surface area (Å²) in [6.07, 6.45) is 0. The summed E-state index contributed by atoms with van der Waals surface area (Å²) in [7, 11) is 0. The average molecular weight is 129 g/mol. The van der Waals surface area contributed by atoms with Gasteiger partial charge in [-0.1, -0.05) is 6.58 Å². The Morgan fingerprint density at radius 3 is 2.67 bits per heavy atom. The maximum atomic E-state index is 10.6. The molecule has 3 nitrogen and oxygen atoms in total. The summed E-state index contributed by atoms with van der Waals surface area (Å²) in [5.41, 5.74) is 2.64. The molecule has 0 rings (SSSR count). The lowest BCUT2D eigenvalue weighted by Gasteiger charge is -2.00. The molecule has 0 radical (unpaired) electrons. The average Bonchev–Trinajstić information content (AvgIpc) is 1.82. The van der Waals surface area contributed by atoms with Gasteiger partial charge in [0.25, 0.3) is 5.91 Å². The van der Waals surface area contributed by atoms with Crippen LogP contribution < -0.4 is 5.48 Å². The molecule has 0 atom stereocenters. The van der Waals surface area contributed by atoms with E-state index in [9.17, 15) is 4.79 Å². The van der Waals surface area contributed by atoms with Crippen LogP contribution in [0.25, 0.3) is 0 Å². The highest BCUT2D eigenvalue weighted by atomic mass is 16.6. The molecule has 0 saturated heterocycles. The number of carbonyl (C=O) groups excluding carboxylic acids is 1. The van der Waals surface area contributed by atoms with E-state index < -0.39 is 0 Å². The molecule has 0 fully saturated rings. The van der Waals surface area contributed by atoms with E-state index in [1.807, 2.05) is 0 Å². The third kappa shape index (κ3) is 3.73. The molecule has 0 aliphatic heterocycles. The van der Waals surface area contributed by atoms with Gasteiger partial charge in [-0.3, -0.25) is 9.63 Å². The monoisotopic (exact) mass is 129 g/mol. The molecule has 3 heteroatoms. The number of hydrogen-bond donors (Lipinski definition) is 1. The minimum atomic E-state index is -0.267. The van der Waals surface area contributed by atoms with E-state index in [0.29, 0.717) is 12.2 Å². The smallest absolute Gasteiger partial charge is 0.269 e. The third-order valence-electron chi connectivity index (χ3n) is 0.697. The summed E-state index contributed by atoms with van der Waals surface area (Å²) in [6.45, 7) is 7.30. The molecular weight excluding hydrogens is 118 g/mol. The molecule has 0 saturated carbocycles. The molecule has 0 unspecified atom stereocenters.